The molecule has 0 radical (unpaired) electrons. The number of aliphatic hydroxyl groups is 1. The van der Waals surface area contributed by atoms with Crippen LogP contribution in [-0.2, 0) is 9.53 Å². The second kappa shape index (κ2) is 6.05. The van der Waals surface area contributed by atoms with Crippen molar-refractivity contribution in [2.24, 2.45) is 5.92 Å². The predicted octanol–water partition coefficient (Wildman–Crippen LogP) is -0.892. The topological polar surface area (TPSA) is 70.6 Å². The minimum Gasteiger partial charge on any atom is -0.394 e. The van der Waals surface area contributed by atoms with Gasteiger partial charge in [0.1, 0.15) is 6.10 Å². The Morgan fingerprint density at radius 2 is 2.40 bits per heavy atom. The van der Waals surface area contributed by atoms with E-state index < -0.39 is 6.10 Å². The molecule has 1 aliphatic heterocycles. The number of carbonyl (C=O) groups is 1. The van der Waals surface area contributed by atoms with Crippen LogP contribution in [0.5, 0.6) is 0 Å². The molecule has 0 aromatic heterocycles. The third-order valence-electron chi connectivity index (χ3n) is 2.55. The number of hydrogen-bond acceptors (Lipinski definition) is 4. The predicted molar refractivity (Wildman–Crippen MR) is 56.5 cm³/mol. The molecule has 88 valence electrons. The fourth-order valence-electron chi connectivity index (χ4n) is 1.43. The van der Waals surface area contributed by atoms with E-state index in [0.29, 0.717) is 13.2 Å². The zero-order valence-electron chi connectivity index (χ0n) is 9.32. The number of aliphatic hydroxyl groups excluding tert-OH is 1. The van der Waals surface area contributed by atoms with E-state index >= 15 is 0 Å². The lowest BCUT2D eigenvalue weighted by Gasteiger charge is -2.26. The Labute approximate surface area is 90.2 Å². The number of nitrogens with one attached hydrogen (secondary N) is 2. The Morgan fingerprint density at radius 3 is 2.87 bits per heavy atom. The van der Waals surface area contributed by atoms with E-state index in [-0.39, 0.29) is 24.5 Å². The third kappa shape index (κ3) is 3.77. The molecule has 1 aliphatic rings. The van der Waals surface area contributed by atoms with Crippen molar-refractivity contribution in [3.05, 3.63) is 0 Å². The van der Waals surface area contributed by atoms with Crippen LogP contribution in [0.2, 0.25) is 0 Å². The first-order valence-corrected chi connectivity index (χ1v) is 5.38. The van der Waals surface area contributed by atoms with Crippen molar-refractivity contribution in [2.45, 2.75) is 26.0 Å². The molecular formula is C10H20N2O3. The molecular weight excluding hydrogens is 196 g/mol. The quantitative estimate of drug-likeness (QED) is 0.570. The maximum atomic E-state index is 11.7. The largest absolute Gasteiger partial charge is 0.394 e. The highest BCUT2D eigenvalue weighted by Crippen LogP contribution is 2.03. The van der Waals surface area contributed by atoms with Gasteiger partial charge in [-0.2, -0.15) is 0 Å². The molecule has 1 rings (SSSR count). The average Bonchev–Trinajstić information content (AvgIpc) is 2.26. The summed E-state index contributed by atoms with van der Waals surface area (Å²) >= 11 is 0. The molecule has 15 heavy (non-hydrogen) atoms. The van der Waals surface area contributed by atoms with E-state index in [4.69, 9.17) is 9.84 Å². The summed E-state index contributed by atoms with van der Waals surface area (Å²) in [7, 11) is 0. The zero-order valence-corrected chi connectivity index (χ0v) is 9.32. The first-order valence-electron chi connectivity index (χ1n) is 5.38. The molecule has 1 fully saturated rings. The molecule has 3 N–H and O–H groups in total. The SMILES string of the molecule is CC(C)C(CO)NC(=O)C1CNCCO1. The normalized spacial score (nSPS) is 23.9. The standard InChI is InChI=1S/C10H20N2O3/c1-7(2)8(6-13)12-10(14)9-5-11-3-4-15-9/h7-9,11,13H,3-6H2,1-2H3,(H,12,14). The van der Waals surface area contributed by atoms with Crippen LogP contribution in [0.15, 0.2) is 0 Å². The molecule has 5 nitrogen and oxygen atoms in total. The zero-order chi connectivity index (χ0) is 11.3. The van der Waals surface area contributed by atoms with Gasteiger partial charge in [-0.3, -0.25) is 4.79 Å². The minimum absolute atomic E-state index is 0.0381. The number of rotatable bonds is 4. The lowest BCUT2D eigenvalue weighted by molar-refractivity contribution is -0.135. The number of amides is 1. The van der Waals surface area contributed by atoms with Crippen LogP contribution in [0.25, 0.3) is 0 Å². The van der Waals surface area contributed by atoms with Gasteiger partial charge in [-0.1, -0.05) is 13.8 Å². The fraction of sp³-hybridized carbons (Fsp3) is 0.900. The lowest BCUT2D eigenvalue weighted by atomic mass is 10.1. The first-order chi connectivity index (χ1) is 7.15. The van der Waals surface area contributed by atoms with Crippen molar-refractivity contribution in [1.29, 1.82) is 0 Å². The van der Waals surface area contributed by atoms with Crippen LogP contribution in [0.3, 0.4) is 0 Å². The van der Waals surface area contributed by atoms with Crippen molar-refractivity contribution in [2.75, 3.05) is 26.3 Å². The monoisotopic (exact) mass is 216 g/mol. The van der Waals surface area contributed by atoms with Gasteiger partial charge >= 0.3 is 0 Å². The molecule has 1 saturated heterocycles. The highest BCUT2D eigenvalue weighted by Gasteiger charge is 2.24. The minimum atomic E-state index is -0.424. The smallest absolute Gasteiger partial charge is 0.250 e. The number of ether oxygens (including phenoxy) is 1. The Kier molecular flexibility index (Phi) is 5.01. The molecule has 0 spiro atoms. The van der Waals surface area contributed by atoms with Gasteiger partial charge in [0, 0.05) is 13.1 Å². The van der Waals surface area contributed by atoms with E-state index in [1.165, 1.54) is 0 Å². The van der Waals surface area contributed by atoms with Crippen molar-refractivity contribution in [3.8, 4) is 0 Å². The average molecular weight is 216 g/mol. The van der Waals surface area contributed by atoms with Gasteiger partial charge in [0.25, 0.3) is 5.91 Å². The molecule has 0 bridgehead atoms. The maximum Gasteiger partial charge on any atom is 0.250 e. The summed E-state index contributed by atoms with van der Waals surface area (Å²) in [5, 5.41) is 14.9. The second-order valence-corrected chi connectivity index (χ2v) is 4.11. The van der Waals surface area contributed by atoms with Gasteiger partial charge in [-0.15, -0.1) is 0 Å². The molecule has 2 atom stereocenters. The van der Waals surface area contributed by atoms with Crippen LogP contribution in [0.4, 0.5) is 0 Å². The number of carbonyl (C=O) groups excluding carboxylic acids is 1. The van der Waals surface area contributed by atoms with Crippen molar-refractivity contribution < 1.29 is 14.6 Å². The summed E-state index contributed by atoms with van der Waals surface area (Å²) in [5.41, 5.74) is 0. The van der Waals surface area contributed by atoms with E-state index in [1.54, 1.807) is 0 Å². The van der Waals surface area contributed by atoms with Crippen LogP contribution >= 0.6 is 0 Å². The molecule has 2 unspecified atom stereocenters. The molecule has 0 aromatic rings. The Balaban J connectivity index is 2.38. The second-order valence-electron chi connectivity index (χ2n) is 4.11. The first kappa shape index (κ1) is 12.4. The fourth-order valence-corrected chi connectivity index (χ4v) is 1.43. The van der Waals surface area contributed by atoms with E-state index in [1.807, 2.05) is 13.8 Å². The van der Waals surface area contributed by atoms with Gasteiger partial charge < -0.3 is 20.5 Å². The van der Waals surface area contributed by atoms with Gasteiger partial charge in [-0.25, -0.2) is 0 Å². The highest BCUT2D eigenvalue weighted by atomic mass is 16.5. The Bertz CT molecular complexity index is 203. The molecule has 0 aromatic carbocycles. The third-order valence-corrected chi connectivity index (χ3v) is 2.55. The van der Waals surface area contributed by atoms with Gasteiger partial charge in [0.15, 0.2) is 0 Å². The molecule has 0 aliphatic carbocycles. The summed E-state index contributed by atoms with van der Waals surface area (Å²) < 4.78 is 5.31. The summed E-state index contributed by atoms with van der Waals surface area (Å²) in [6, 6.07) is -0.192. The van der Waals surface area contributed by atoms with Crippen LogP contribution in [0, 0.1) is 5.92 Å². The number of morpholine rings is 1. The van der Waals surface area contributed by atoms with E-state index in [0.717, 1.165) is 6.54 Å². The van der Waals surface area contributed by atoms with E-state index in [9.17, 15) is 4.79 Å². The van der Waals surface area contributed by atoms with Crippen LogP contribution < -0.4 is 10.6 Å². The number of hydrogen-bond donors (Lipinski definition) is 3. The van der Waals surface area contributed by atoms with Gasteiger partial charge in [-0.05, 0) is 5.92 Å². The summed E-state index contributed by atoms with van der Waals surface area (Å²) in [5.74, 6) is 0.0745. The molecule has 0 saturated carbocycles. The Hall–Kier alpha value is -0.650. The molecule has 1 amide bonds. The van der Waals surface area contributed by atoms with Gasteiger partial charge in [0.05, 0.1) is 19.3 Å². The maximum absolute atomic E-state index is 11.7. The van der Waals surface area contributed by atoms with Gasteiger partial charge in [0.2, 0.25) is 0 Å². The molecule has 1 heterocycles. The van der Waals surface area contributed by atoms with Crippen LogP contribution in [0.1, 0.15) is 13.8 Å². The molecule has 5 heteroatoms. The van der Waals surface area contributed by atoms with Crippen molar-refractivity contribution in [1.82, 2.24) is 10.6 Å². The van der Waals surface area contributed by atoms with Crippen molar-refractivity contribution in [3.63, 3.8) is 0 Å². The lowest BCUT2D eigenvalue weighted by Crippen LogP contribution is -2.52. The summed E-state index contributed by atoms with van der Waals surface area (Å²) in [6.07, 6.45) is -0.424. The van der Waals surface area contributed by atoms with Crippen molar-refractivity contribution >= 4 is 5.91 Å². The van der Waals surface area contributed by atoms with Crippen LogP contribution in [-0.4, -0.2) is 49.5 Å². The summed E-state index contributed by atoms with van der Waals surface area (Å²) in [4.78, 5) is 11.7. The van der Waals surface area contributed by atoms with E-state index in [2.05, 4.69) is 10.6 Å². The highest BCUT2D eigenvalue weighted by molar-refractivity contribution is 5.81. The summed E-state index contributed by atoms with van der Waals surface area (Å²) in [6.45, 7) is 5.77. The Morgan fingerprint density at radius 1 is 1.67 bits per heavy atom.